The molecular weight excluding hydrogens is 164 g/mol. The van der Waals surface area contributed by atoms with Crippen molar-refractivity contribution in [3.05, 3.63) is 0 Å². The third-order valence-electron chi connectivity index (χ3n) is 2.75. The molecule has 4 heteroatoms. The fourth-order valence-corrected chi connectivity index (χ4v) is 2.17. The van der Waals surface area contributed by atoms with Crippen LogP contribution in [0.5, 0.6) is 0 Å². The number of halogens is 2. The van der Waals surface area contributed by atoms with Crippen molar-refractivity contribution in [2.45, 2.75) is 43.2 Å². The molecule has 0 aromatic heterocycles. The Labute approximate surface area is 70.1 Å². The van der Waals surface area contributed by atoms with E-state index in [0.29, 0.717) is 6.61 Å². The molecule has 1 atom stereocenters. The van der Waals surface area contributed by atoms with Gasteiger partial charge >= 0.3 is 0 Å². The first-order chi connectivity index (χ1) is 5.52. The quantitative estimate of drug-likeness (QED) is 0.655. The first kappa shape index (κ1) is 8.38. The summed E-state index contributed by atoms with van der Waals surface area (Å²) in [6, 6.07) is 0. The lowest BCUT2D eigenvalue weighted by molar-refractivity contribution is -0.157. The molecule has 0 bridgehead atoms. The molecule has 1 aliphatic heterocycles. The van der Waals surface area contributed by atoms with Gasteiger partial charge in [-0.25, -0.2) is 8.78 Å². The molecule has 2 N–H and O–H groups in total. The molecule has 12 heavy (non-hydrogen) atoms. The van der Waals surface area contributed by atoms with Gasteiger partial charge in [0.1, 0.15) is 0 Å². The van der Waals surface area contributed by atoms with Gasteiger partial charge in [0.15, 0.2) is 0 Å². The molecule has 1 saturated carbocycles. The molecule has 2 nitrogen and oxygen atoms in total. The van der Waals surface area contributed by atoms with Gasteiger partial charge in [-0.05, 0) is 12.8 Å². The van der Waals surface area contributed by atoms with Crippen LogP contribution < -0.4 is 5.73 Å². The van der Waals surface area contributed by atoms with Crippen LogP contribution in [0.25, 0.3) is 0 Å². The predicted octanol–water partition coefficient (Wildman–Crippen LogP) is 1.29. The second-order valence-corrected chi connectivity index (χ2v) is 3.94. The average Bonchev–Trinajstić information content (AvgIpc) is 2.31. The lowest BCUT2D eigenvalue weighted by atomic mass is 9.70. The minimum absolute atomic E-state index is 0.128. The summed E-state index contributed by atoms with van der Waals surface area (Å²) in [6.45, 7) is 0.676. The molecule has 2 rings (SSSR count). The van der Waals surface area contributed by atoms with E-state index >= 15 is 0 Å². The lowest BCUT2D eigenvalue weighted by Gasteiger charge is -2.47. The molecule has 1 saturated heterocycles. The van der Waals surface area contributed by atoms with Crippen molar-refractivity contribution in [3.63, 3.8) is 0 Å². The summed E-state index contributed by atoms with van der Waals surface area (Å²) in [7, 11) is 0. The van der Waals surface area contributed by atoms with Crippen LogP contribution in [0.2, 0.25) is 0 Å². The van der Waals surface area contributed by atoms with Crippen molar-refractivity contribution in [2.24, 2.45) is 5.73 Å². The van der Waals surface area contributed by atoms with Gasteiger partial charge in [-0.2, -0.15) is 0 Å². The molecular formula is C8H13F2NO. The molecule has 1 aliphatic carbocycles. The van der Waals surface area contributed by atoms with E-state index in [2.05, 4.69) is 0 Å². The standard InChI is InChI=1S/C8H13F2NO/c9-8(10)4-7(11,5-8)6-2-1-3-12-6/h6H,1-5,11H2. The van der Waals surface area contributed by atoms with Crippen molar-refractivity contribution >= 4 is 0 Å². The lowest BCUT2D eigenvalue weighted by Crippen LogP contribution is -2.64. The number of hydrogen-bond donors (Lipinski definition) is 1. The van der Waals surface area contributed by atoms with Crippen LogP contribution in [0.1, 0.15) is 25.7 Å². The zero-order valence-corrected chi connectivity index (χ0v) is 6.85. The maximum atomic E-state index is 12.6. The third-order valence-corrected chi connectivity index (χ3v) is 2.75. The van der Waals surface area contributed by atoms with Crippen molar-refractivity contribution in [3.8, 4) is 0 Å². The molecule has 0 aromatic rings. The normalized spacial score (nSPS) is 37.8. The molecule has 2 aliphatic rings. The van der Waals surface area contributed by atoms with E-state index in [0.717, 1.165) is 12.8 Å². The van der Waals surface area contributed by atoms with Crippen LogP contribution in [-0.2, 0) is 4.74 Å². The van der Waals surface area contributed by atoms with Crippen molar-refractivity contribution < 1.29 is 13.5 Å². The van der Waals surface area contributed by atoms with Crippen LogP contribution >= 0.6 is 0 Å². The summed E-state index contributed by atoms with van der Waals surface area (Å²) in [6.07, 6.45) is 1.26. The Morgan fingerprint density at radius 3 is 2.42 bits per heavy atom. The fourth-order valence-electron chi connectivity index (χ4n) is 2.17. The van der Waals surface area contributed by atoms with Crippen LogP contribution in [0.15, 0.2) is 0 Å². The first-order valence-electron chi connectivity index (χ1n) is 4.30. The highest BCUT2D eigenvalue weighted by atomic mass is 19.3. The van der Waals surface area contributed by atoms with Crippen LogP contribution in [0.4, 0.5) is 8.78 Å². The van der Waals surface area contributed by atoms with E-state index in [1.807, 2.05) is 0 Å². The Bertz CT molecular complexity index is 181. The summed E-state index contributed by atoms with van der Waals surface area (Å²) in [4.78, 5) is 0. The van der Waals surface area contributed by atoms with Crippen molar-refractivity contribution in [1.82, 2.24) is 0 Å². The van der Waals surface area contributed by atoms with Gasteiger partial charge in [0.05, 0.1) is 11.6 Å². The smallest absolute Gasteiger partial charge is 0.251 e. The topological polar surface area (TPSA) is 35.2 Å². The molecule has 0 aromatic carbocycles. The van der Waals surface area contributed by atoms with E-state index < -0.39 is 11.5 Å². The largest absolute Gasteiger partial charge is 0.376 e. The predicted molar refractivity (Wildman–Crippen MR) is 40.1 cm³/mol. The number of nitrogens with two attached hydrogens (primary N) is 1. The number of rotatable bonds is 1. The van der Waals surface area contributed by atoms with E-state index in [-0.39, 0.29) is 18.9 Å². The zero-order chi connectivity index (χ0) is 8.82. The minimum Gasteiger partial charge on any atom is -0.376 e. The number of ether oxygens (including phenoxy) is 1. The summed E-state index contributed by atoms with van der Waals surface area (Å²) < 4.78 is 30.4. The molecule has 1 heterocycles. The Balaban J connectivity index is 1.96. The van der Waals surface area contributed by atoms with Gasteiger partial charge in [-0.3, -0.25) is 0 Å². The molecule has 0 radical (unpaired) electrons. The fraction of sp³-hybridized carbons (Fsp3) is 1.00. The maximum Gasteiger partial charge on any atom is 0.251 e. The van der Waals surface area contributed by atoms with Gasteiger partial charge in [0, 0.05) is 19.4 Å². The van der Waals surface area contributed by atoms with Gasteiger partial charge in [0.2, 0.25) is 0 Å². The molecule has 1 unspecified atom stereocenters. The second kappa shape index (κ2) is 2.39. The third kappa shape index (κ3) is 1.23. The molecule has 0 amide bonds. The van der Waals surface area contributed by atoms with Gasteiger partial charge in [0.25, 0.3) is 5.92 Å². The Morgan fingerprint density at radius 2 is 2.00 bits per heavy atom. The Kier molecular flexibility index (Phi) is 1.67. The number of hydrogen-bond acceptors (Lipinski definition) is 2. The zero-order valence-electron chi connectivity index (χ0n) is 6.85. The first-order valence-corrected chi connectivity index (χ1v) is 4.30. The monoisotopic (exact) mass is 177 g/mol. The van der Waals surface area contributed by atoms with Gasteiger partial charge in [-0.1, -0.05) is 0 Å². The van der Waals surface area contributed by atoms with Gasteiger partial charge < -0.3 is 10.5 Å². The van der Waals surface area contributed by atoms with E-state index in [4.69, 9.17) is 10.5 Å². The average molecular weight is 177 g/mol. The van der Waals surface area contributed by atoms with Crippen LogP contribution in [0, 0.1) is 0 Å². The van der Waals surface area contributed by atoms with E-state index in [9.17, 15) is 8.78 Å². The Hall–Kier alpha value is -0.220. The van der Waals surface area contributed by atoms with Crippen molar-refractivity contribution in [2.75, 3.05) is 6.61 Å². The summed E-state index contributed by atoms with van der Waals surface area (Å²) in [5.41, 5.74) is 5.04. The highest BCUT2D eigenvalue weighted by molar-refractivity contribution is 5.09. The summed E-state index contributed by atoms with van der Waals surface area (Å²) in [5.74, 6) is -2.54. The van der Waals surface area contributed by atoms with E-state index in [1.165, 1.54) is 0 Å². The summed E-state index contributed by atoms with van der Waals surface area (Å²) >= 11 is 0. The highest BCUT2D eigenvalue weighted by Crippen LogP contribution is 2.48. The highest BCUT2D eigenvalue weighted by Gasteiger charge is 2.58. The van der Waals surface area contributed by atoms with Crippen LogP contribution in [-0.4, -0.2) is 24.2 Å². The maximum absolute atomic E-state index is 12.6. The summed E-state index contributed by atoms with van der Waals surface area (Å²) in [5, 5.41) is 0. The Morgan fingerprint density at radius 1 is 1.33 bits per heavy atom. The van der Waals surface area contributed by atoms with Crippen molar-refractivity contribution in [1.29, 1.82) is 0 Å². The minimum atomic E-state index is -2.54. The second-order valence-electron chi connectivity index (χ2n) is 3.94. The van der Waals surface area contributed by atoms with Gasteiger partial charge in [-0.15, -0.1) is 0 Å². The molecule has 0 spiro atoms. The molecule has 2 fully saturated rings. The SMILES string of the molecule is NC1(C2CCCO2)CC(F)(F)C1. The number of alkyl halides is 2. The molecule has 70 valence electrons. The van der Waals surface area contributed by atoms with Crippen LogP contribution in [0.3, 0.4) is 0 Å². The van der Waals surface area contributed by atoms with E-state index in [1.54, 1.807) is 0 Å².